The molecule has 0 bridgehead atoms. The Hall–Kier alpha value is -1.59. The largest absolute Gasteiger partial charge is 0.462 e. The zero-order valence-electron chi connectivity index (χ0n) is 39.9. The van der Waals surface area contributed by atoms with E-state index in [1.807, 2.05) is 0 Å². The van der Waals surface area contributed by atoms with Crippen LogP contribution in [0.25, 0.3) is 0 Å². The van der Waals surface area contributed by atoms with Crippen LogP contribution in [0.3, 0.4) is 0 Å². The summed E-state index contributed by atoms with van der Waals surface area (Å²) >= 11 is 0. The maximum atomic E-state index is 12.6. The summed E-state index contributed by atoms with van der Waals surface area (Å²) in [7, 11) is 0. The molecule has 0 aromatic rings. The summed E-state index contributed by atoms with van der Waals surface area (Å²) in [6.07, 6.45) is 48.5. The van der Waals surface area contributed by atoms with Crippen molar-refractivity contribution in [1.82, 2.24) is 0 Å². The van der Waals surface area contributed by atoms with E-state index >= 15 is 0 Å². The number of unbranched alkanes of at least 4 members (excludes halogenated alkanes) is 34. The molecule has 58 heavy (non-hydrogen) atoms. The summed E-state index contributed by atoms with van der Waals surface area (Å²) in [5.74, 6) is -0.881. The molecule has 0 aliphatic rings. The second-order valence-electron chi connectivity index (χ2n) is 17.4. The van der Waals surface area contributed by atoms with Gasteiger partial charge in [-0.1, -0.05) is 259 Å². The smallest absolute Gasteiger partial charge is 0.306 e. The van der Waals surface area contributed by atoms with Crippen molar-refractivity contribution in [2.45, 2.75) is 304 Å². The fourth-order valence-corrected chi connectivity index (χ4v) is 7.35. The average Bonchev–Trinajstić information content (AvgIpc) is 3.22. The van der Waals surface area contributed by atoms with E-state index in [1.54, 1.807) is 0 Å². The van der Waals surface area contributed by atoms with Crippen LogP contribution in [0.5, 0.6) is 0 Å². The molecular weight excluding hydrogens is 721 g/mol. The van der Waals surface area contributed by atoms with Gasteiger partial charge in [-0.3, -0.25) is 14.4 Å². The van der Waals surface area contributed by atoms with Crippen molar-refractivity contribution >= 4 is 17.9 Å². The van der Waals surface area contributed by atoms with Gasteiger partial charge in [-0.25, -0.2) is 0 Å². The van der Waals surface area contributed by atoms with Crippen LogP contribution in [-0.2, 0) is 28.6 Å². The number of carbonyl (C=O) groups is 3. The third-order valence-electron chi connectivity index (χ3n) is 11.3. The van der Waals surface area contributed by atoms with Crippen LogP contribution in [0.2, 0.25) is 0 Å². The van der Waals surface area contributed by atoms with Crippen LogP contribution in [0.4, 0.5) is 0 Å². The summed E-state index contributed by atoms with van der Waals surface area (Å²) in [6.45, 7) is 11.0. The lowest BCUT2D eigenvalue weighted by Crippen LogP contribution is -2.30. The van der Waals surface area contributed by atoms with E-state index in [-0.39, 0.29) is 31.1 Å². The molecule has 0 saturated carbocycles. The lowest BCUT2D eigenvalue weighted by atomic mass is 10.0. The van der Waals surface area contributed by atoms with E-state index in [1.165, 1.54) is 186 Å². The molecule has 0 radical (unpaired) electrons. The van der Waals surface area contributed by atoms with Crippen molar-refractivity contribution in [2.24, 2.45) is 0 Å². The predicted octanol–water partition coefficient (Wildman–Crippen LogP) is 17.1. The van der Waals surface area contributed by atoms with Gasteiger partial charge < -0.3 is 14.2 Å². The summed E-state index contributed by atoms with van der Waals surface area (Å²) in [4.78, 5) is 37.2. The SMILES string of the molecule is CCCCCCC.CCCCCCCCCCCCCCCCCC(=O)OC[C@H](COC(=O)CCCCC)OC(=O)CCCCCCCCCCCCCCCCC. The maximum Gasteiger partial charge on any atom is 0.306 e. The second kappa shape index (κ2) is 51.6. The van der Waals surface area contributed by atoms with Gasteiger partial charge in [0.1, 0.15) is 13.2 Å². The number of carbonyl (C=O) groups excluding carboxylic acids is 3. The topological polar surface area (TPSA) is 78.9 Å². The molecule has 0 amide bonds. The van der Waals surface area contributed by atoms with Gasteiger partial charge >= 0.3 is 17.9 Å². The number of esters is 3. The fourth-order valence-electron chi connectivity index (χ4n) is 7.35. The van der Waals surface area contributed by atoms with Crippen LogP contribution >= 0.6 is 0 Å². The van der Waals surface area contributed by atoms with Gasteiger partial charge in [0.15, 0.2) is 6.10 Å². The highest BCUT2D eigenvalue weighted by Gasteiger charge is 2.19. The monoisotopic (exact) mass is 823 g/mol. The van der Waals surface area contributed by atoms with Crippen LogP contribution in [-0.4, -0.2) is 37.2 Å². The molecule has 0 spiro atoms. The maximum absolute atomic E-state index is 12.6. The molecule has 0 fully saturated rings. The molecule has 0 aliphatic carbocycles. The molecule has 0 aromatic heterocycles. The number of hydrogen-bond acceptors (Lipinski definition) is 6. The minimum Gasteiger partial charge on any atom is -0.462 e. The Morgan fingerprint density at radius 3 is 0.741 bits per heavy atom. The number of rotatable bonds is 45. The summed E-state index contributed by atoms with van der Waals surface area (Å²) in [5, 5.41) is 0. The fraction of sp³-hybridized carbons (Fsp3) is 0.942. The normalized spacial score (nSPS) is 11.5. The van der Waals surface area contributed by atoms with Crippen molar-refractivity contribution in [3.05, 3.63) is 0 Å². The average molecular weight is 823 g/mol. The van der Waals surface area contributed by atoms with Crippen molar-refractivity contribution in [3.8, 4) is 0 Å². The molecular formula is C52H102O6. The third kappa shape index (κ3) is 50.6. The number of hydrogen-bond donors (Lipinski definition) is 0. The zero-order valence-corrected chi connectivity index (χ0v) is 39.9. The van der Waals surface area contributed by atoms with E-state index in [0.29, 0.717) is 19.3 Å². The summed E-state index contributed by atoms with van der Waals surface area (Å²) < 4.78 is 16.5. The van der Waals surface area contributed by atoms with Crippen LogP contribution in [0, 0.1) is 0 Å². The molecule has 6 heteroatoms. The Morgan fingerprint density at radius 2 is 0.466 bits per heavy atom. The predicted molar refractivity (Wildman–Crippen MR) is 249 cm³/mol. The van der Waals surface area contributed by atoms with Gasteiger partial charge in [0.25, 0.3) is 0 Å². The van der Waals surface area contributed by atoms with Crippen molar-refractivity contribution in [1.29, 1.82) is 0 Å². The zero-order chi connectivity index (χ0) is 42.8. The van der Waals surface area contributed by atoms with Gasteiger partial charge in [-0.2, -0.15) is 0 Å². The standard InChI is InChI=1S/C45H86O6.C7H16/c1-4-7-10-12-14-16-18-20-22-24-26-28-30-32-35-38-44(47)50-41-42(40-49-43(46)37-34-9-6-3)51-45(48)39-36-33-31-29-27-25-23-21-19-17-15-13-11-8-5-2;1-3-5-7-6-4-2/h42H,4-41H2,1-3H3;3-7H2,1-2H3/t42-;/m0./s1. The second-order valence-corrected chi connectivity index (χ2v) is 17.4. The van der Waals surface area contributed by atoms with Gasteiger partial charge in [-0.15, -0.1) is 0 Å². The van der Waals surface area contributed by atoms with Crippen LogP contribution in [0.15, 0.2) is 0 Å². The first kappa shape index (κ1) is 58.5. The van der Waals surface area contributed by atoms with Crippen LogP contribution < -0.4 is 0 Å². The Kier molecular flexibility index (Phi) is 52.0. The summed E-state index contributed by atoms with van der Waals surface area (Å²) in [5.41, 5.74) is 0. The quantitative estimate of drug-likeness (QED) is 0.0346. The Bertz CT molecular complexity index is 825. The Balaban J connectivity index is 0. The van der Waals surface area contributed by atoms with Gasteiger partial charge in [-0.05, 0) is 19.3 Å². The molecule has 0 heterocycles. The van der Waals surface area contributed by atoms with Crippen molar-refractivity contribution < 1.29 is 28.6 Å². The van der Waals surface area contributed by atoms with E-state index in [0.717, 1.165) is 57.8 Å². The first-order chi connectivity index (χ1) is 28.4. The first-order valence-electron chi connectivity index (χ1n) is 26.0. The molecule has 6 nitrogen and oxygen atoms in total. The van der Waals surface area contributed by atoms with Gasteiger partial charge in [0.2, 0.25) is 0 Å². The molecule has 0 aliphatic heterocycles. The highest BCUT2D eigenvalue weighted by molar-refractivity contribution is 5.71. The minimum atomic E-state index is -0.756. The molecule has 0 aromatic carbocycles. The third-order valence-corrected chi connectivity index (χ3v) is 11.3. The molecule has 346 valence electrons. The van der Waals surface area contributed by atoms with Gasteiger partial charge in [0.05, 0.1) is 0 Å². The molecule has 1 atom stereocenters. The Morgan fingerprint density at radius 1 is 0.276 bits per heavy atom. The highest BCUT2D eigenvalue weighted by atomic mass is 16.6. The number of ether oxygens (including phenoxy) is 3. The van der Waals surface area contributed by atoms with E-state index in [4.69, 9.17) is 14.2 Å². The van der Waals surface area contributed by atoms with E-state index in [9.17, 15) is 14.4 Å². The first-order valence-corrected chi connectivity index (χ1v) is 26.0. The van der Waals surface area contributed by atoms with Crippen LogP contribution in [0.1, 0.15) is 298 Å². The highest BCUT2D eigenvalue weighted by Crippen LogP contribution is 2.16. The van der Waals surface area contributed by atoms with Crippen molar-refractivity contribution in [3.63, 3.8) is 0 Å². The molecule has 0 unspecified atom stereocenters. The molecule has 0 N–H and O–H groups in total. The van der Waals surface area contributed by atoms with E-state index in [2.05, 4.69) is 34.6 Å². The Labute approximate surface area is 362 Å². The lowest BCUT2D eigenvalue weighted by molar-refractivity contribution is -0.167. The minimum absolute atomic E-state index is 0.0651. The molecule has 0 saturated heterocycles. The molecule has 0 rings (SSSR count). The van der Waals surface area contributed by atoms with Gasteiger partial charge in [0, 0.05) is 19.3 Å². The summed E-state index contributed by atoms with van der Waals surface area (Å²) in [6, 6.07) is 0. The van der Waals surface area contributed by atoms with E-state index < -0.39 is 6.10 Å². The van der Waals surface area contributed by atoms with Crippen molar-refractivity contribution in [2.75, 3.05) is 13.2 Å². The lowest BCUT2D eigenvalue weighted by Gasteiger charge is -2.18.